The third-order valence-electron chi connectivity index (χ3n) is 6.27. The number of aromatic hydroxyl groups is 2. The Kier molecular flexibility index (Phi) is 7.92. The van der Waals surface area contributed by atoms with E-state index in [-0.39, 0.29) is 21.7 Å². The fourth-order valence-corrected chi connectivity index (χ4v) is 4.13. The van der Waals surface area contributed by atoms with Gasteiger partial charge in [-0.05, 0) is 45.9 Å². The van der Waals surface area contributed by atoms with Gasteiger partial charge in [-0.15, -0.1) is 0 Å². The number of phenolic OH excluding ortho intramolecular Hbond substituents is 2. The Morgan fingerprint density at radius 2 is 0.771 bits per heavy atom. The summed E-state index contributed by atoms with van der Waals surface area (Å²) in [5.41, 5.74) is 2.43. The Morgan fingerprint density at radius 3 is 0.943 bits per heavy atom. The van der Waals surface area contributed by atoms with Gasteiger partial charge >= 0.3 is 0 Å². The van der Waals surface area contributed by atoms with Gasteiger partial charge in [-0.1, -0.05) is 90.0 Å². The van der Waals surface area contributed by atoms with Crippen molar-refractivity contribution >= 4 is 0 Å². The quantitative estimate of drug-likeness (QED) is 0.418. The van der Waals surface area contributed by atoms with Crippen molar-refractivity contribution in [3.63, 3.8) is 0 Å². The average molecular weight is 485 g/mol. The van der Waals surface area contributed by atoms with E-state index in [1.54, 1.807) is 0 Å². The summed E-state index contributed by atoms with van der Waals surface area (Å²) in [6.45, 7) is 27.1. The van der Waals surface area contributed by atoms with Crippen LogP contribution in [0.25, 0.3) is 0 Å². The molecular weight excluding hydrogens is 436 g/mol. The standard InChI is InChI=1S/C31H48O4/c1-14-25(34-19-15-21(28(2,3)4)26(32)22(16-19)29(5,6)7)35-20-17-23(30(8,9)10)27(33)24(18-20)31(11,12)13/h15-18,25,32-33H,14H2,1-13H3. The second kappa shape index (κ2) is 9.59. The first-order valence-corrected chi connectivity index (χ1v) is 12.8. The summed E-state index contributed by atoms with van der Waals surface area (Å²) in [5, 5.41) is 22.1. The van der Waals surface area contributed by atoms with Crippen molar-refractivity contribution in [1.82, 2.24) is 0 Å². The number of benzene rings is 2. The first-order chi connectivity index (χ1) is 15.7. The topological polar surface area (TPSA) is 58.9 Å². The van der Waals surface area contributed by atoms with Crippen molar-refractivity contribution < 1.29 is 19.7 Å². The minimum absolute atomic E-state index is 0.244. The molecule has 0 heterocycles. The van der Waals surface area contributed by atoms with Gasteiger partial charge in [0, 0.05) is 28.7 Å². The first-order valence-electron chi connectivity index (χ1n) is 12.8. The molecule has 4 heteroatoms. The Bertz CT molecular complexity index is 884. The fourth-order valence-electron chi connectivity index (χ4n) is 4.13. The molecule has 196 valence electrons. The van der Waals surface area contributed by atoms with Gasteiger partial charge in [0.05, 0.1) is 0 Å². The Balaban J connectivity index is 2.54. The van der Waals surface area contributed by atoms with E-state index in [0.717, 1.165) is 22.3 Å². The Labute approximate surface area is 213 Å². The van der Waals surface area contributed by atoms with Crippen LogP contribution in [0.4, 0.5) is 0 Å². The van der Waals surface area contributed by atoms with Crippen molar-refractivity contribution in [2.75, 3.05) is 0 Å². The third-order valence-corrected chi connectivity index (χ3v) is 6.27. The van der Waals surface area contributed by atoms with Gasteiger partial charge in [-0.2, -0.15) is 0 Å². The SMILES string of the molecule is CCC(Oc1cc(C(C)(C)C)c(O)c(C(C)(C)C)c1)Oc1cc(C(C)(C)C)c(O)c(C(C)(C)C)c1. The van der Waals surface area contributed by atoms with Crippen molar-refractivity contribution in [2.45, 2.75) is 124 Å². The summed E-state index contributed by atoms with van der Waals surface area (Å²) >= 11 is 0. The van der Waals surface area contributed by atoms with Crippen LogP contribution in [0.5, 0.6) is 23.0 Å². The summed E-state index contributed by atoms with van der Waals surface area (Å²) < 4.78 is 12.8. The molecule has 4 nitrogen and oxygen atoms in total. The molecule has 2 aromatic rings. The molecule has 0 saturated heterocycles. The van der Waals surface area contributed by atoms with Gasteiger partial charge in [0.1, 0.15) is 23.0 Å². The molecule has 0 aliphatic rings. The third kappa shape index (κ3) is 6.86. The van der Waals surface area contributed by atoms with Crippen molar-refractivity contribution in [3.8, 4) is 23.0 Å². The van der Waals surface area contributed by atoms with Crippen LogP contribution in [0.1, 0.15) is 119 Å². The molecule has 0 spiro atoms. The second-order valence-electron chi connectivity index (χ2n) is 13.8. The van der Waals surface area contributed by atoms with Gasteiger partial charge < -0.3 is 19.7 Å². The van der Waals surface area contributed by atoms with Crippen LogP contribution >= 0.6 is 0 Å². The molecular formula is C31H48O4. The average Bonchev–Trinajstić information content (AvgIpc) is 2.66. The monoisotopic (exact) mass is 484 g/mol. The zero-order valence-corrected chi connectivity index (χ0v) is 24.3. The molecule has 35 heavy (non-hydrogen) atoms. The number of ether oxygens (including phenoxy) is 2. The lowest BCUT2D eigenvalue weighted by atomic mass is 9.79. The van der Waals surface area contributed by atoms with Gasteiger partial charge in [0.15, 0.2) is 0 Å². The highest BCUT2D eigenvalue weighted by Gasteiger charge is 2.29. The van der Waals surface area contributed by atoms with E-state index in [1.165, 1.54) is 0 Å². The van der Waals surface area contributed by atoms with Crippen molar-refractivity contribution in [1.29, 1.82) is 0 Å². The zero-order chi connectivity index (χ0) is 27.1. The van der Waals surface area contributed by atoms with E-state index in [4.69, 9.17) is 9.47 Å². The predicted octanol–water partition coefficient (Wildman–Crippen LogP) is 8.48. The van der Waals surface area contributed by atoms with Crippen molar-refractivity contribution in [3.05, 3.63) is 46.5 Å². The van der Waals surface area contributed by atoms with Crippen LogP contribution in [0, 0.1) is 0 Å². The van der Waals surface area contributed by atoms with E-state index in [0.29, 0.717) is 29.4 Å². The van der Waals surface area contributed by atoms with Gasteiger partial charge in [-0.25, -0.2) is 0 Å². The summed E-state index contributed by atoms with van der Waals surface area (Å²) in [6, 6.07) is 7.70. The molecule has 0 aliphatic heterocycles. The number of hydrogen-bond donors (Lipinski definition) is 2. The molecule has 0 aliphatic carbocycles. The minimum atomic E-state index is -0.523. The molecule has 2 rings (SSSR count). The maximum Gasteiger partial charge on any atom is 0.240 e. The molecule has 0 bridgehead atoms. The van der Waals surface area contributed by atoms with E-state index >= 15 is 0 Å². The molecule has 0 amide bonds. The highest BCUT2D eigenvalue weighted by molar-refractivity contribution is 5.53. The lowest BCUT2D eigenvalue weighted by molar-refractivity contribution is 0.00277. The van der Waals surface area contributed by atoms with Gasteiger partial charge in [0.25, 0.3) is 0 Å². The smallest absolute Gasteiger partial charge is 0.240 e. The molecule has 0 atom stereocenters. The predicted molar refractivity (Wildman–Crippen MR) is 146 cm³/mol. The van der Waals surface area contributed by atoms with E-state index in [1.807, 2.05) is 31.2 Å². The normalized spacial score (nSPS) is 13.3. The molecule has 0 radical (unpaired) electrons. The van der Waals surface area contributed by atoms with Crippen LogP contribution < -0.4 is 9.47 Å². The summed E-state index contributed by atoms with van der Waals surface area (Å²) in [7, 11) is 0. The fraction of sp³-hybridized carbons (Fsp3) is 0.613. The van der Waals surface area contributed by atoms with Crippen molar-refractivity contribution in [2.24, 2.45) is 0 Å². The van der Waals surface area contributed by atoms with Gasteiger partial charge in [-0.3, -0.25) is 0 Å². The number of phenols is 2. The van der Waals surface area contributed by atoms with E-state index < -0.39 is 6.29 Å². The largest absolute Gasteiger partial charge is 0.507 e. The van der Waals surface area contributed by atoms with Crippen LogP contribution in [-0.4, -0.2) is 16.5 Å². The van der Waals surface area contributed by atoms with Crippen LogP contribution in [0.15, 0.2) is 24.3 Å². The maximum atomic E-state index is 11.0. The van der Waals surface area contributed by atoms with Crippen LogP contribution in [-0.2, 0) is 21.7 Å². The van der Waals surface area contributed by atoms with Crippen LogP contribution in [0.3, 0.4) is 0 Å². The first kappa shape index (κ1) is 28.9. The summed E-state index contributed by atoms with van der Waals surface area (Å²) in [4.78, 5) is 0. The molecule has 0 saturated carbocycles. The Morgan fingerprint density at radius 1 is 0.543 bits per heavy atom. The van der Waals surface area contributed by atoms with E-state index in [9.17, 15) is 10.2 Å². The lowest BCUT2D eigenvalue weighted by Gasteiger charge is -2.30. The Hall–Kier alpha value is -2.36. The number of hydrogen-bond acceptors (Lipinski definition) is 4. The summed E-state index contributed by atoms with van der Waals surface area (Å²) in [6.07, 6.45) is 0.109. The molecule has 2 N–H and O–H groups in total. The number of rotatable bonds is 5. The van der Waals surface area contributed by atoms with Crippen LogP contribution in [0.2, 0.25) is 0 Å². The zero-order valence-electron chi connectivity index (χ0n) is 24.3. The second-order valence-corrected chi connectivity index (χ2v) is 13.8. The molecule has 0 unspecified atom stereocenters. The van der Waals surface area contributed by atoms with E-state index in [2.05, 4.69) is 83.1 Å². The highest BCUT2D eigenvalue weighted by Crippen LogP contribution is 2.43. The molecule has 0 fully saturated rings. The maximum absolute atomic E-state index is 11.0. The minimum Gasteiger partial charge on any atom is -0.507 e. The highest BCUT2D eigenvalue weighted by atomic mass is 16.7. The molecule has 2 aromatic carbocycles. The lowest BCUT2D eigenvalue weighted by Crippen LogP contribution is -2.25. The summed E-state index contributed by atoms with van der Waals surface area (Å²) in [5.74, 6) is 2.01. The molecule has 0 aromatic heterocycles. The van der Waals surface area contributed by atoms with Gasteiger partial charge in [0.2, 0.25) is 6.29 Å².